The summed E-state index contributed by atoms with van der Waals surface area (Å²) in [6.45, 7) is 3.91. The quantitative estimate of drug-likeness (QED) is 0.603. The maximum absolute atomic E-state index is 13.2. The van der Waals surface area contributed by atoms with Crippen LogP contribution in [0.3, 0.4) is 0 Å². The average Bonchev–Trinajstić information content (AvgIpc) is 2.85. The molecule has 186 valence electrons. The topological polar surface area (TPSA) is 94.2 Å². The van der Waals surface area contributed by atoms with Gasteiger partial charge in [-0.2, -0.15) is 0 Å². The molecule has 0 saturated carbocycles. The van der Waals surface area contributed by atoms with Gasteiger partial charge < -0.3 is 25.2 Å². The van der Waals surface area contributed by atoms with Gasteiger partial charge in [0, 0.05) is 50.0 Å². The van der Waals surface area contributed by atoms with Gasteiger partial charge in [0.05, 0.1) is 25.8 Å². The Bertz CT molecular complexity index is 1070. The van der Waals surface area contributed by atoms with Crippen molar-refractivity contribution >= 4 is 40.7 Å². The van der Waals surface area contributed by atoms with Crippen LogP contribution < -0.4 is 20.3 Å². The average molecular weight is 500 g/mol. The van der Waals surface area contributed by atoms with Crippen LogP contribution in [0, 0.1) is 0 Å². The number of ether oxygens (including phenoxy) is 1. The predicted octanol–water partition coefficient (Wildman–Crippen LogP) is 1.83. The Morgan fingerprint density at radius 1 is 1.09 bits per heavy atom. The van der Waals surface area contributed by atoms with Crippen molar-refractivity contribution in [3.8, 4) is 5.75 Å². The smallest absolute Gasteiger partial charge is 0.243 e. The molecule has 0 aromatic heterocycles. The molecule has 9 nitrogen and oxygen atoms in total. The molecule has 4 rings (SSSR count). The Morgan fingerprint density at radius 3 is 2.60 bits per heavy atom. The lowest BCUT2D eigenvalue weighted by molar-refractivity contribution is -0.145. The number of carbonyl (C=O) groups excluding carboxylic acids is 3. The van der Waals surface area contributed by atoms with Crippen molar-refractivity contribution in [1.29, 1.82) is 0 Å². The molecular weight excluding hydrogens is 470 g/mol. The number of carbonyl (C=O) groups is 3. The van der Waals surface area contributed by atoms with E-state index < -0.39 is 6.04 Å². The van der Waals surface area contributed by atoms with E-state index in [2.05, 4.69) is 20.4 Å². The number of hydrogen-bond donors (Lipinski definition) is 2. The van der Waals surface area contributed by atoms with E-state index in [1.165, 1.54) is 4.90 Å². The van der Waals surface area contributed by atoms with Crippen LogP contribution in [0.4, 0.5) is 11.4 Å². The first kappa shape index (κ1) is 24.8. The highest BCUT2D eigenvalue weighted by Crippen LogP contribution is 2.28. The third-order valence-electron chi connectivity index (χ3n) is 6.30. The zero-order chi connectivity index (χ0) is 24.8. The van der Waals surface area contributed by atoms with Gasteiger partial charge in [-0.05, 0) is 30.3 Å². The van der Waals surface area contributed by atoms with Gasteiger partial charge in [0.1, 0.15) is 11.8 Å². The first-order chi connectivity index (χ1) is 16.9. The highest BCUT2D eigenvalue weighted by atomic mass is 35.5. The highest BCUT2D eigenvalue weighted by molar-refractivity contribution is 6.30. The number of para-hydroxylation sites is 2. The second-order valence-electron chi connectivity index (χ2n) is 8.59. The lowest BCUT2D eigenvalue weighted by Gasteiger charge is -2.39. The highest BCUT2D eigenvalue weighted by Gasteiger charge is 2.35. The number of methoxy groups -OCH3 is 1. The molecule has 1 unspecified atom stereocenters. The van der Waals surface area contributed by atoms with E-state index in [9.17, 15) is 14.4 Å². The van der Waals surface area contributed by atoms with Crippen LogP contribution in [0.1, 0.15) is 6.42 Å². The van der Waals surface area contributed by atoms with Crippen LogP contribution in [-0.2, 0) is 14.4 Å². The Hall–Kier alpha value is -3.30. The molecule has 2 aliphatic rings. The number of benzene rings is 2. The molecule has 2 heterocycles. The molecule has 1 atom stereocenters. The van der Waals surface area contributed by atoms with E-state index in [0.29, 0.717) is 36.9 Å². The summed E-state index contributed by atoms with van der Waals surface area (Å²) >= 11 is 5.98. The Kier molecular flexibility index (Phi) is 8.09. The Balaban J connectivity index is 1.33. The van der Waals surface area contributed by atoms with Gasteiger partial charge >= 0.3 is 0 Å². The molecule has 2 N–H and O–H groups in total. The molecule has 10 heteroatoms. The third-order valence-corrected chi connectivity index (χ3v) is 6.53. The van der Waals surface area contributed by atoms with Gasteiger partial charge in [0.2, 0.25) is 17.7 Å². The number of halogens is 1. The van der Waals surface area contributed by atoms with E-state index in [4.69, 9.17) is 16.3 Å². The Labute approximate surface area is 210 Å². The molecule has 2 fully saturated rings. The molecule has 0 spiro atoms. The van der Waals surface area contributed by atoms with Crippen LogP contribution >= 0.6 is 11.6 Å². The molecule has 2 saturated heterocycles. The second-order valence-corrected chi connectivity index (χ2v) is 9.03. The predicted molar refractivity (Wildman–Crippen MR) is 135 cm³/mol. The third kappa shape index (κ3) is 6.23. The van der Waals surface area contributed by atoms with Gasteiger partial charge in [0.25, 0.3) is 0 Å². The molecule has 35 heavy (non-hydrogen) atoms. The van der Waals surface area contributed by atoms with Gasteiger partial charge in [-0.15, -0.1) is 0 Å². The maximum Gasteiger partial charge on any atom is 0.243 e. The van der Waals surface area contributed by atoms with Crippen LogP contribution in [0.15, 0.2) is 48.5 Å². The molecule has 0 bridgehead atoms. The van der Waals surface area contributed by atoms with Crippen LogP contribution in [0.25, 0.3) is 0 Å². The fraction of sp³-hybridized carbons (Fsp3) is 0.400. The molecule has 0 aliphatic carbocycles. The summed E-state index contributed by atoms with van der Waals surface area (Å²) in [7, 11) is 1.66. The van der Waals surface area contributed by atoms with Crippen molar-refractivity contribution in [2.24, 2.45) is 0 Å². The normalized spacial score (nSPS) is 18.7. The largest absolute Gasteiger partial charge is 0.495 e. The number of amides is 3. The molecular formula is C25H30ClN5O4. The lowest BCUT2D eigenvalue weighted by atomic mass is 10.1. The summed E-state index contributed by atoms with van der Waals surface area (Å²) < 4.78 is 5.47. The monoisotopic (exact) mass is 499 g/mol. The van der Waals surface area contributed by atoms with Crippen LogP contribution in [0.5, 0.6) is 5.75 Å². The van der Waals surface area contributed by atoms with E-state index in [-0.39, 0.29) is 30.7 Å². The molecule has 2 aromatic rings. The fourth-order valence-electron chi connectivity index (χ4n) is 4.49. The van der Waals surface area contributed by atoms with Crippen LogP contribution in [-0.4, -0.2) is 86.5 Å². The van der Waals surface area contributed by atoms with E-state index >= 15 is 0 Å². The van der Waals surface area contributed by atoms with Crippen molar-refractivity contribution in [2.75, 3.05) is 63.1 Å². The first-order valence-electron chi connectivity index (χ1n) is 11.7. The number of anilines is 2. The summed E-state index contributed by atoms with van der Waals surface area (Å²) in [6, 6.07) is 13.9. The minimum absolute atomic E-state index is 0.119. The lowest BCUT2D eigenvalue weighted by Crippen LogP contribution is -2.60. The molecule has 2 aliphatic heterocycles. The molecule has 2 aromatic carbocycles. The summed E-state index contributed by atoms with van der Waals surface area (Å²) in [4.78, 5) is 44.2. The van der Waals surface area contributed by atoms with Crippen molar-refractivity contribution in [3.05, 3.63) is 53.6 Å². The van der Waals surface area contributed by atoms with Crippen molar-refractivity contribution in [3.63, 3.8) is 0 Å². The maximum atomic E-state index is 13.2. The Morgan fingerprint density at radius 2 is 1.86 bits per heavy atom. The zero-order valence-electron chi connectivity index (χ0n) is 19.7. The second kappa shape index (κ2) is 11.4. The number of hydrogen-bond acceptors (Lipinski definition) is 6. The van der Waals surface area contributed by atoms with Gasteiger partial charge in [-0.1, -0.05) is 29.8 Å². The van der Waals surface area contributed by atoms with Crippen molar-refractivity contribution in [2.45, 2.75) is 12.5 Å². The standard InChI is InChI=1S/C25H30ClN5O4/c1-35-22-8-3-2-7-20(22)30-13-11-29(12-14-30)17-24(33)31-10-9-27-25(34)21(31)16-23(32)28-19-6-4-5-18(26)15-19/h2-8,15,21H,9-14,16-17H2,1H3,(H,27,34)(H,28,32). The van der Waals surface area contributed by atoms with Gasteiger partial charge in [-0.3, -0.25) is 19.3 Å². The number of piperazine rings is 2. The van der Waals surface area contributed by atoms with Crippen molar-refractivity contribution < 1.29 is 19.1 Å². The number of nitrogens with zero attached hydrogens (tertiary/aromatic N) is 3. The van der Waals surface area contributed by atoms with Crippen LogP contribution in [0.2, 0.25) is 5.02 Å². The number of nitrogens with one attached hydrogen (secondary N) is 2. The van der Waals surface area contributed by atoms with Gasteiger partial charge in [-0.25, -0.2) is 0 Å². The van der Waals surface area contributed by atoms with E-state index in [1.807, 2.05) is 24.3 Å². The van der Waals surface area contributed by atoms with E-state index in [1.54, 1.807) is 31.4 Å². The number of rotatable bonds is 7. The summed E-state index contributed by atoms with van der Waals surface area (Å²) in [5, 5.41) is 6.02. The van der Waals surface area contributed by atoms with Crippen molar-refractivity contribution in [1.82, 2.24) is 15.1 Å². The zero-order valence-corrected chi connectivity index (χ0v) is 20.5. The SMILES string of the molecule is COc1ccccc1N1CCN(CC(=O)N2CCNC(=O)C2CC(=O)Nc2cccc(Cl)c2)CC1. The van der Waals surface area contributed by atoms with E-state index in [0.717, 1.165) is 24.5 Å². The minimum Gasteiger partial charge on any atom is -0.495 e. The van der Waals surface area contributed by atoms with Gasteiger partial charge in [0.15, 0.2) is 0 Å². The molecule has 3 amide bonds. The molecule has 0 radical (unpaired) electrons. The summed E-state index contributed by atoms with van der Waals surface area (Å²) in [5.41, 5.74) is 1.59. The summed E-state index contributed by atoms with van der Waals surface area (Å²) in [6.07, 6.45) is -0.119. The minimum atomic E-state index is -0.842. The fourth-order valence-corrected chi connectivity index (χ4v) is 4.68. The summed E-state index contributed by atoms with van der Waals surface area (Å²) in [5.74, 6) is 0.0192. The first-order valence-corrected chi connectivity index (χ1v) is 12.1.